The summed E-state index contributed by atoms with van der Waals surface area (Å²) < 4.78 is 0. The Morgan fingerprint density at radius 3 is 2.67 bits per heavy atom. The zero-order valence-electron chi connectivity index (χ0n) is 9.64. The highest BCUT2D eigenvalue weighted by atomic mass is 16.3. The van der Waals surface area contributed by atoms with E-state index in [-0.39, 0.29) is 18.6 Å². The monoisotopic (exact) mass is 208 g/mol. The lowest BCUT2D eigenvalue weighted by Gasteiger charge is -2.24. The standard InChI is InChI=1S/C12H20N2O/c1-9(8-15)10(2)14-11(3)12-5-4-6-13-7-12/h4-7,9-11,14-15H,8H2,1-3H3. The first-order valence-corrected chi connectivity index (χ1v) is 5.42. The topological polar surface area (TPSA) is 45.1 Å². The second kappa shape index (κ2) is 5.83. The lowest BCUT2D eigenvalue weighted by atomic mass is 10.0. The van der Waals surface area contributed by atoms with Gasteiger partial charge < -0.3 is 10.4 Å². The third kappa shape index (κ3) is 3.61. The summed E-state index contributed by atoms with van der Waals surface area (Å²) in [5.41, 5.74) is 1.18. The molecule has 3 nitrogen and oxygen atoms in total. The van der Waals surface area contributed by atoms with Crippen LogP contribution in [0.5, 0.6) is 0 Å². The Balaban J connectivity index is 2.52. The van der Waals surface area contributed by atoms with Gasteiger partial charge in [-0.05, 0) is 31.4 Å². The predicted octanol–water partition coefficient (Wildman–Crippen LogP) is 1.75. The Morgan fingerprint density at radius 2 is 2.13 bits per heavy atom. The van der Waals surface area contributed by atoms with Gasteiger partial charge in [0.1, 0.15) is 0 Å². The van der Waals surface area contributed by atoms with Crippen molar-refractivity contribution in [3.63, 3.8) is 0 Å². The van der Waals surface area contributed by atoms with Crippen molar-refractivity contribution in [1.29, 1.82) is 0 Å². The molecule has 0 bridgehead atoms. The van der Waals surface area contributed by atoms with Gasteiger partial charge in [-0.1, -0.05) is 13.0 Å². The molecule has 3 unspecified atom stereocenters. The molecule has 1 aromatic rings. The number of nitrogens with one attached hydrogen (secondary N) is 1. The molecule has 0 saturated carbocycles. The Kier molecular flexibility index (Phi) is 4.72. The van der Waals surface area contributed by atoms with Crippen LogP contribution in [0.2, 0.25) is 0 Å². The SMILES string of the molecule is CC(NC(C)C(C)CO)c1cccnc1. The van der Waals surface area contributed by atoms with Crippen molar-refractivity contribution < 1.29 is 5.11 Å². The molecule has 3 heteroatoms. The van der Waals surface area contributed by atoms with Crippen LogP contribution < -0.4 is 5.32 Å². The third-order valence-corrected chi connectivity index (χ3v) is 2.84. The molecular weight excluding hydrogens is 188 g/mol. The number of pyridine rings is 1. The van der Waals surface area contributed by atoms with Crippen LogP contribution in [-0.2, 0) is 0 Å². The normalized spacial score (nSPS) is 17.1. The molecule has 0 aromatic carbocycles. The molecule has 0 radical (unpaired) electrons. The second-order valence-corrected chi connectivity index (χ2v) is 4.12. The molecule has 0 fully saturated rings. The average molecular weight is 208 g/mol. The van der Waals surface area contributed by atoms with Crippen LogP contribution in [0.1, 0.15) is 32.4 Å². The summed E-state index contributed by atoms with van der Waals surface area (Å²) in [6, 6.07) is 4.56. The van der Waals surface area contributed by atoms with Crippen LogP contribution in [0, 0.1) is 5.92 Å². The van der Waals surface area contributed by atoms with Gasteiger partial charge in [0, 0.05) is 31.1 Å². The Hall–Kier alpha value is -0.930. The number of aliphatic hydroxyl groups excluding tert-OH is 1. The van der Waals surface area contributed by atoms with Gasteiger partial charge in [-0.2, -0.15) is 0 Å². The van der Waals surface area contributed by atoms with E-state index in [2.05, 4.69) is 30.2 Å². The molecule has 1 heterocycles. The molecule has 0 aliphatic heterocycles. The molecule has 3 atom stereocenters. The number of aliphatic hydroxyl groups is 1. The Labute approximate surface area is 91.5 Å². The van der Waals surface area contributed by atoms with Crippen LogP contribution in [0.15, 0.2) is 24.5 Å². The van der Waals surface area contributed by atoms with Crippen molar-refractivity contribution in [3.05, 3.63) is 30.1 Å². The molecular formula is C12H20N2O. The molecule has 15 heavy (non-hydrogen) atoms. The fourth-order valence-corrected chi connectivity index (χ4v) is 1.45. The summed E-state index contributed by atoms with van der Waals surface area (Å²) in [6.07, 6.45) is 3.64. The average Bonchev–Trinajstić information content (AvgIpc) is 2.29. The summed E-state index contributed by atoms with van der Waals surface area (Å²) in [6.45, 7) is 6.45. The third-order valence-electron chi connectivity index (χ3n) is 2.84. The predicted molar refractivity (Wildman–Crippen MR) is 61.5 cm³/mol. The summed E-state index contributed by atoms with van der Waals surface area (Å²) in [5.74, 6) is 0.268. The summed E-state index contributed by atoms with van der Waals surface area (Å²) >= 11 is 0. The Bertz CT molecular complexity index is 276. The number of hydrogen-bond donors (Lipinski definition) is 2. The van der Waals surface area contributed by atoms with Crippen LogP contribution in [0.25, 0.3) is 0 Å². The van der Waals surface area contributed by atoms with E-state index in [1.807, 2.05) is 19.2 Å². The molecule has 0 amide bonds. The number of nitrogens with zero attached hydrogens (tertiary/aromatic N) is 1. The first kappa shape index (κ1) is 12.1. The largest absolute Gasteiger partial charge is 0.396 e. The van der Waals surface area contributed by atoms with E-state index >= 15 is 0 Å². The molecule has 1 aromatic heterocycles. The van der Waals surface area contributed by atoms with Gasteiger partial charge in [-0.15, -0.1) is 0 Å². The van der Waals surface area contributed by atoms with E-state index in [0.717, 1.165) is 0 Å². The molecule has 0 aliphatic carbocycles. The van der Waals surface area contributed by atoms with Crippen molar-refractivity contribution >= 4 is 0 Å². The Morgan fingerprint density at radius 1 is 1.40 bits per heavy atom. The van der Waals surface area contributed by atoms with Gasteiger partial charge in [-0.25, -0.2) is 0 Å². The van der Waals surface area contributed by atoms with Gasteiger partial charge >= 0.3 is 0 Å². The van der Waals surface area contributed by atoms with Crippen molar-refractivity contribution in [1.82, 2.24) is 10.3 Å². The number of hydrogen-bond acceptors (Lipinski definition) is 3. The number of aromatic nitrogens is 1. The molecule has 2 N–H and O–H groups in total. The first-order chi connectivity index (χ1) is 7.15. The maximum Gasteiger partial charge on any atom is 0.0471 e. The first-order valence-electron chi connectivity index (χ1n) is 5.42. The van der Waals surface area contributed by atoms with Gasteiger partial charge in [0.05, 0.1) is 0 Å². The van der Waals surface area contributed by atoms with Gasteiger partial charge in [0.2, 0.25) is 0 Å². The molecule has 0 spiro atoms. The summed E-state index contributed by atoms with van der Waals surface area (Å²) in [4.78, 5) is 4.09. The maximum absolute atomic E-state index is 9.04. The van der Waals surface area contributed by atoms with E-state index in [4.69, 9.17) is 5.11 Å². The van der Waals surface area contributed by atoms with Gasteiger partial charge in [0.25, 0.3) is 0 Å². The lowest BCUT2D eigenvalue weighted by molar-refractivity contribution is 0.202. The zero-order chi connectivity index (χ0) is 11.3. The molecule has 1 rings (SSSR count). The summed E-state index contributed by atoms with van der Waals surface area (Å²) in [5, 5.41) is 12.5. The van der Waals surface area contributed by atoms with Crippen molar-refractivity contribution in [2.45, 2.75) is 32.9 Å². The van der Waals surface area contributed by atoms with Crippen LogP contribution in [-0.4, -0.2) is 22.7 Å². The van der Waals surface area contributed by atoms with E-state index in [0.29, 0.717) is 6.04 Å². The fourth-order valence-electron chi connectivity index (χ4n) is 1.45. The van der Waals surface area contributed by atoms with E-state index < -0.39 is 0 Å². The van der Waals surface area contributed by atoms with Crippen LogP contribution in [0.4, 0.5) is 0 Å². The lowest BCUT2D eigenvalue weighted by Crippen LogP contribution is -2.35. The summed E-state index contributed by atoms with van der Waals surface area (Å²) in [7, 11) is 0. The quantitative estimate of drug-likeness (QED) is 0.775. The zero-order valence-corrected chi connectivity index (χ0v) is 9.64. The highest BCUT2D eigenvalue weighted by molar-refractivity contribution is 5.12. The van der Waals surface area contributed by atoms with Crippen molar-refractivity contribution in [3.8, 4) is 0 Å². The molecule has 0 aliphatic rings. The molecule has 84 valence electrons. The maximum atomic E-state index is 9.04. The minimum absolute atomic E-state index is 0.216. The number of rotatable bonds is 5. The van der Waals surface area contributed by atoms with Crippen LogP contribution >= 0.6 is 0 Å². The van der Waals surface area contributed by atoms with E-state index in [1.54, 1.807) is 6.20 Å². The minimum Gasteiger partial charge on any atom is -0.396 e. The van der Waals surface area contributed by atoms with Gasteiger partial charge in [-0.3, -0.25) is 4.98 Å². The highest BCUT2D eigenvalue weighted by Crippen LogP contribution is 2.13. The van der Waals surface area contributed by atoms with Gasteiger partial charge in [0.15, 0.2) is 0 Å². The highest BCUT2D eigenvalue weighted by Gasteiger charge is 2.14. The molecule has 0 saturated heterocycles. The van der Waals surface area contributed by atoms with E-state index in [9.17, 15) is 0 Å². The fraction of sp³-hybridized carbons (Fsp3) is 0.583. The second-order valence-electron chi connectivity index (χ2n) is 4.12. The smallest absolute Gasteiger partial charge is 0.0471 e. The van der Waals surface area contributed by atoms with Crippen molar-refractivity contribution in [2.75, 3.05) is 6.61 Å². The van der Waals surface area contributed by atoms with Crippen molar-refractivity contribution in [2.24, 2.45) is 5.92 Å². The van der Waals surface area contributed by atoms with E-state index in [1.165, 1.54) is 5.56 Å². The van der Waals surface area contributed by atoms with Crippen LogP contribution in [0.3, 0.4) is 0 Å². The minimum atomic E-state index is 0.216.